The van der Waals surface area contributed by atoms with Crippen LogP contribution in [0.5, 0.6) is 11.8 Å². The van der Waals surface area contributed by atoms with Gasteiger partial charge in [-0.2, -0.15) is 0 Å². The van der Waals surface area contributed by atoms with E-state index in [0.29, 0.717) is 18.3 Å². The highest BCUT2D eigenvalue weighted by molar-refractivity contribution is 7.85. The molecule has 0 spiro atoms. The number of rotatable bonds is 14. The average molecular weight is 871 g/mol. The first-order valence-electron chi connectivity index (χ1n) is 20.2. The third-order valence-corrected chi connectivity index (χ3v) is 9.95. The summed E-state index contributed by atoms with van der Waals surface area (Å²) in [5.41, 5.74) is 8.07. The van der Waals surface area contributed by atoms with E-state index in [1.165, 1.54) is 23.3 Å². The van der Waals surface area contributed by atoms with E-state index >= 15 is 0 Å². The molecule has 13 nitrogen and oxygen atoms in total. The van der Waals surface area contributed by atoms with Crippen molar-refractivity contribution in [2.75, 3.05) is 14.2 Å². The maximum Gasteiger partial charge on any atom is 0.312 e. The molecule has 0 saturated carbocycles. The molecule has 5 rings (SSSR count). The van der Waals surface area contributed by atoms with Crippen LogP contribution < -0.4 is 15.2 Å². The van der Waals surface area contributed by atoms with Crippen LogP contribution in [0.15, 0.2) is 126 Å². The lowest BCUT2D eigenvalue weighted by Gasteiger charge is -2.37. The van der Waals surface area contributed by atoms with Crippen molar-refractivity contribution in [3.63, 3.8) is 0 Å². The standard InChI is InChI=1S/C28H34N2O3.C13H20N2O3.C7H8O3S/c1-21(23-14-10-7-11-15-23)30(20-22-12-8-6-9-13-22)25(18-27(31)33-28(2,3)4)24-16-17-26(32-5)29-19-24;1-13(2,3)18-12(16)7-10(14)9-5-6-11(17-4)15-8-9;1-6-2-4-7(5-3-6)11(8,9)10/h6-17,19,21,25H,18,20H2,1-5H3;5-6,8,10H,7,14H2,1-4H3;2-5H,1H3,(H,8,9,10)/t21-,25?;;/m1../s1. The van der Waals surface area contributed by atoms with Crippen LogP contribution in [0.3, 0.4) is 0 Å². The second-order valence-corrected chi connectivity index (χ2v) is 18.0. The number of ether oxygens (including phenoxy) is 4. The number of carbonyl (C=O) groups is 2. The molecule has 3 aromatic carbocycles. The summed E-state index contributed by atoms with van der Waals surface area (Å²) in [4.78, 5) is 35.3. The van der Waals surface area contributed by atoms with Crippen LogP contribution in [0.25, 0.3) is 0 Å². The van der Waals surface area contributed by atoms with Gasteiger partial charge in [0.05, 0.1) is 25.5 Å². The van der Waals surface area contributed by atoms with Gasteiger partial charge >= 0.3 is 11.9 Å². The second-order valence-electron chi connectivity index (χ2n) is 16.6. The van der Waals surface area contributed by atoms with Gasteiger partial charge in [-0.1, -0.05) is 84.4 Å². The molecule has 2 unspecified atom stereocenters. The van der Waals surface area contributed by atoms with Crippen molar-refractivity contribution in [1.82, 2.24) is 14.9 Å². The quantitative estimate of drug-likeness (QED) is 0.0836. The van der Waals surface area contributed by atoms with Crippen molar-refractivity contribution in [3.8, 4) is 11.8 Å². The van der Waals surface area contributed by atoms with Crippen molar-refractivity contribution in [2.24, 2.45) is 0 Å². The molecule has 0 aliphatic rings. The largest absolute Gasteiger partial charge is 0.744 e. The van der Waals surface area contributed by atoms with E-state index in [4.69, 9.17) is 18.9 Å². The Kier molecular flexibility index (Phi) is 19.2. The van der Waals surface area contributed by atoms with Gasteiger partial charge in [0.2, 0.25) is 11.8 Å². The molecule has 0 aliphatic heterocycles. The fourth-order valence-electron chi connectivity index (χ4n) is 6.07. The van der Waals surface area contributed by atoms with E-state index < -0.39 is 21.3 Å². The van der Waals surface area contributed by atoms with Crippen molar-refractivity contribution < 1.29 is 47.2 Å². The molecule has 0 fully saturated rings. The Hall–Kier alpha value is -5.67. The van der Waals surface area contributed by atoms with E-state index in [1.807, 2.05) is 103 Å². The molecule has 5 aromatic rings. The van der Waals surface area contributed by atoms with Gasteiger partial charge in [-0.05, 0) is 90.3 Å². The van der Waals surface area contributed by atoms with Gasteiger partial charge in [0.25, 0.3) is 0 Å². The van der Waals surface area contributed by atoms with Crippen molar-refractivity contribution in [2.45, 2.75) is 109 Å². The molecule has 2 aromatic heterocycles. The van der Waals surface area contributed by atoms with E-state index in [1.54, 1.807) is 44.8 Å². The van der Waals surface area contributed by atoms with Gasteiger partial charge in [0, 0.05) is 48.7 Å². The van der Waals surface area contributed by atoms with Crippen LogP contribution in [0.4, 0.5) is 0 Å². The Morgan fingerprint density at radius 3 is 1.58 bits per heavy atom. The number of quaternary nitrogens is 1. The molecule has 0 bridgehead atoms. The number of hydrogen-bond acceptors (Lipinski definition) is 12. The first-order valence-corrected chi connectivity index (χ1v) is 21.6. The number of esters is 2. The maximum atomic E-state index is 13.0. The van der Waals surface area contributed by atoms with Crippen molar-refractivity contribution in [1.29, 1.82) is 0 Å². The molecule has 3 N–H and O–H groups in total. The van der Waals surface area contributed by atoms with E-state index in [-0.39, 0.29) is 47.8 Å². The van der Waals surface area contributed by atoms with Crippen LogP contribution in [0.1, 0.15) is 107 Å². The van der Waals surface area contributed by atoms with Crippen LogP contribution >= 0.6 is 0 Å². The fourth-order valence-corrected chi connectivity index (χ4v) is 6.54. The molecular weight excluding hydrogens is 809 g/mol. The second kappa shape index (κ2) is 23.5. The molecule has 0 radical (unpaired) electrons. The van der Waals surface area contributed by atoms with Gasteiger partial charge in [-0.15, -0.1) is 0 Å². The Bertz CT molecular complexity index is 2210. The normalized spacial score (nSPS) is 12.9. The van der Waals surface area contributed by atoms with Crippen LogP contribution in [0, 0.1) is 6.92 Å². The van der Waals surface area contributed by atoms with Gasteiger partial charge in [0.15, 0.2) is 0 Å². The minimum Gasteiger partial charge on any atom is -0.744 e. The molecule has 62 heavy (non-hydrogen) atoms. The lowest BCUT2D eigenvalue weighted by Crippen LogP contribution is -2.54. The smallest absolute Gasteiger partial charge is 0.312 e. The fraction of sp³-hybridized carbons (Fsp3) is 0.375. The minimum absolute atomic E-state index is 0.0564. The zero-order valence-corrected chi connectivity index (χ0v) is 38.3. The lowest BCUT2D eigenvalue weighted by atomic mass is 9.97. The number of methoxy groups -OCH3 is 2. The van der Waals surface area contributed by atoms with Crippen molar-refractivity contribution >= 4 is 22.1 Å². The molecule has 14 heteroatoms. The third kappa shape index (κ3) is 18.1. The zero-order chi connectivity index (χ0) is 46.1. The Labute approximate surface area is 367 Å². The van der Waals surface area contributed by atoms with Gasteiger partial charge in [0.1, 0.15) is 33.8 Å². The average Bonchev–Trinajstić information content (AvgIpc) is 3.21. The molecular formula is C48H62N4O9S. The SMILES string of the molecule is COc1ccc(C(CC(=O)OC(C)(C)C)N(Cc2ccccc2)[C@H](C)c2ccccc2)cn1.COc1ccc(C([NH3+])CC(=O)OC(C)(C)C)cn1.Cc1ccc(S(=O)(=O)[O-])cc1. The zero-order valence-electron chi connectivity index (χ0n) is 37.5. The lowest BCUT2D eigenvalue weighted by molar-refractivity contribution is -0.426. The Morgan fingerprint density at radius 1 is 0.677 bits per heavy atom. The van der Waals surface area contributed by atoms with E-state index in [9.17, 15) is 22.6 Å². The van der Waals surface area contributed by atoms with Gasteiger partial charge < -0.3 is 29.2 Å². The maximum absolute atomic E-state index is 13.0. The topological polar surface area (TPSA) is 185 Å². The summed E-state index contributed by atoms with van der Waals surface area (Å²) >= 11 is 0. The molecule has 334 valence electrons. The summed E-state index contributed by atoms with van der Waals surface area (Å²) in [6.45, 7) is 15.9. The number of aromatic nitrogens is 2. The summed E-state index contributed by atoms with van der Waals surface area (Å²) < 4.78 is 52.4. The monoisotopic (exact) mass is 870 g/mol. The summed E-state index contributed by atoms with van der Waals surface area (Å²) in [6.07, 6.45) is 3.92. The molecule has 3 atom stereocenters. The number of pyridine rings is 2. The minimum atomic E-state index is -4.27. The summed E-state index contributed by atoms with van der Waals surface area (Å²) in [5.74, 6) is 0.601. The van der Waals surface area contributed by atoms with Crippen LogP contribution in [-0.2, 0) is 35.7 Å². The highest BCUT2D eigenvalue weighted by Gasteiger charge is 2.31. The Morgan fingerprint density at radius 2 is 1.15 bits per heavy atom. The summed E-state index contributed by atoms with van der Waals surface area (Å²) in [6, 6.07) is 33.5. The van der Waals surface area contributed by atoms with E-state index in [0.717, 1.165) is 16.7 Å². The van der Waals surface area contributed by atoms with Gasteiger partial charge in [-0.25, -0.2) is 18.4 Å². The number of hydrogen-bond donors (Lipinski definition) is 1. The highest BCUT2D eigenvalue weighted by atomic mass is 32.2. The predicted molar refractivity (Wildman–Crippen MR) is 237 cm³/mol. The predicted octanol–water partition coefficient (Wildman–Crippen LogP) is 8.13. The highest BCUT2D eigenvalue weighted by Crippen LogP contribution is 2.35. The first-order chi connectivity index (χ1) is 29.1. The molecule has 0 saturated heterocycles. The molecule has 0 amide bonds. The number of aryl methyl sites for hydroxylation is 1. The number of benzene rings is 3. The number of nitrogens with zero attached hydrogens (tertiary/aromatic N) is 3. The third-order valence-electron chi connectivity index (χ3n) is 9.10. The molecule has 2 heterocycles. The van der Waals surface area contributed by atoms with Crippen LogP contribution in [-0.4, -0.2) is 65.2 Å². The first kappa shape index (κ1) is 50.7. The number of carbonyl (C=O) groups excluding carboxylic acids is 2. The van der Waals surface area contributed by atoms with Crippen molar-refractivity contribution in [3.05, 3.63) is 149 Å². The molecule has 0 aliphatic carbocycles. The van der Waals surface area contributed by atoms with Crippen LogP contribution in [0.2, 0.25) is 0 Å². The summed E-state index contributed by atoms with van der Waals surface area (Å²) in [7, 11) is -1.11. The Balaban J connectivity index is 0.000000293. The van der Waals surface area contributed by atoms with Gasteiger partial charge in [-0.3, -0.25) is 14.5 Å². The summed E-state index contributed by atoms with van der Waals surface area (Å²) in [5, 5.41) is 0. The van der Waals surface area contributed by atoms with E-state index in [2.05, 4.69) is 51.8 Å².